The molecule has 0 saturated heterocycles. The number of primary amides is 1. The third kappa shape index (κ3) is 2.68. The Kier molecular flexibility index (Phi) is 3.60. The van der Waals surface area contributed by atoms with Gasteiger partial charge in [0.2, 0.25) is 5.91 Å². The zero-order valence-electron chi connectivity index (χ0n) is 13.2. The van der Waals surface area contributed by atoms with E-state index < -0.39 is 5.91 Å². The van der Waals surface area contributed by atoms with E-state index >= 15 is 0 Å². The van der Waals surface area contributed by atoms with Gasteiger partial charge in [0, 0.05) is 31.4 Å². The molecule has 0 atom stereocenters. The number of anilines is 2. The van der Waals surface area contributed by atoms with E-state index in [1.54, 1.807) is 6.07 Å². The van der Waals surface area contributed by atoms with E-state index in [9.17, 15) is 4.79 Å². The molecule has 2 heterocycles. The van der Waals surface area contributed by atoms with E-state index in [0.717, 1.165) is 17.5 Å². The van der Waals surface area contributed by atoms with Crippen molar-refractivity contribution in [1.29, 1.82) is 0 Å². The number of carbonyl (C=O) groups excluding carboxylic acids is 1. The largest absolute Gasteiger partial charge is 0.366 e. The molecule has 0 aromatic carbocycles. The van der Waals surface area contributed by atoms with Crippen LogP contribution >= 0.6 is 0 Å². The van der Waals surface area contributed by atoms with Crippen molar-refractivity contribution < 1.29 is 4.79 Å². The number of rotatable bonds is 5. The number of amides is 1. The number of carbonyl (C=O) groups is 1. The average Bonchev–Trinajstić information content (AvgIpc) is 3.23. The highest BCUT2D eigenvalue weighted by Gasteiger charge is 2.29. The summed E-state index contributed by atoms with van der Waals surface area (Å²) >= 11 is 0. The van der Waals surface area contributed by atoms with Gasteiger partial charge in [-0.15, -0.1) is 0 Å². The summed E-state index contributed by atoms with van der Waals surface area (Å²) in [6, 6.07) is 3.71. The molecule has 1 aliphatic carbocycles. The van der Waals surface area contributed by atoms with Gasteiger partial charge < -0.3 is 15.2 Å². The molecule has 0 spiro atoms. The summed E-state index contributed by atoms with van der Waals surface area (Å²) in [5.74, 6) is 2.91. The molecule has 1 aliphatic rings. The molecule has 116 valence electrons. The van der Waals surface area contributed by atoms with Crippen molar-refractivity contribution in [3.63, 3.8) is 0 Å². The molecule has 22 heavy (non-hydrogen) atoms. The first-order valence-corrected chi connectivity index (χ1v) is 7.55. The van der Waals surface area contributed by atoms with Gasteiger partial charge >= 0.3 is 0 Å². The third-order valence-corrected chi connectivity index (χ3v) is 3.88. The molecule has 0 unspecified atom stereocenters. The van der Waals surface area contributed by atoms with Crippen molar-refractivity contribution >= 4 is 17.5 Å². The van der Waals surface area contributed by atoms with Crippen LogP contribution in [-0.4, -0.2) is 26.5 Å². The molecule has 1 fully saturated rings. The summed E-state index contributed by atoms with van der Waals surface area (Å²) in [6.07, 6.45) is 5.99. The van der Waals surface area contributed by atoms with Crippen LogP contribution < -0.4 is 10.6 Å². The fourth-order valence-corrected chi connectivity index (χ4v) is 2.62. The van der Waals surface area contributed by atoms with E-state index in [-0.39, 0.29) is 6.04 Å². The Balaban J connectivity index is 1.95. The molecule has 6 nitrogen and oxygen atoms in total. The predicted octanol–water partition coefficient (Wildman–Crippen LogP) is 2.34. The number of nitrogens with two attached hydrogens (primary N) is 1. The van der Waals surface area contributed by atoms with Gasteiger partial charge in [0.25, 0.3) is 0 Å². The van der Waals surface area contributed by atoms with Gasteiger partial charge in [-0.05, 0) is 38.8 Å². The van der Waals surface area contributed by atoms with Crippen LogP contribution in [0.5, 0.6) is 0 Å². The molecule has 1 amide bonds. The standard InChI is InChI=1S/C16H21N5O/c1-10(2)21(13-7-6-12(8-18-13)15(17)22)14-9-20(3)16(19-14)11-4-5-11/h6-11H,4-5H2,1-3H3,(H2,17,22). The fourth-order valence-electron chi connectivity index (χ4n) is 2.62. The molecule has 0 radical (unpaired) electrons. The van der Waals surface area contributed by atoms with Gasteiger partial charge in [-0.3, -0.25) is 4.79 Å². The number of hydrogen-bond acceptors (Lipinski definition) is 4. The maximum atomic E-state index is 11.2. The van der Waals surface area contributed by atoms with Gasteiger partial charge in [-0.1, -0.05) is 0 Å². The summed E-state index contributed by atoms with van der Waals surface area (Å²) in [6.45, 7) is 4.18. The predicted molar refractivity (Wildman–Crippen MR) is 85.2 cm³/mol. The Morgan fingerprint density at radius 3 is 2.59 bits per heavy atom. The second-order valence-electron chi connectivity index (χ2n) is 6.08. The SMILES string of the molecule is CC(C)N(c1ccc(C(N)=O)cn1)c1cn(C)c(C2CC2)n1. The summed E-state index contributed by atoms with van der Waals surface area (Å²) < 4.78 is 2.10. The van der Waals surface area contributed by atoms with E-state index in [1.807, 2.05) is 19.3 Å². The lowest BCUT2D eigenvalue weighted by Crippen LogP contribution is -2.27. The average molecular weight is 299 g/mol. The first-order chi connectivity index (χ1) is 10.5. The van der Waals surface area contributed by atoms with Crippen molar-refractivity contribution in [3.8, 4) is 0 Å². The smallest absolute Gasteiger partial charge is 0.250 e. The molecule has 2 aromatic rings. The highest BCUT2D eigenvalue weighted by atomic mass is 16.1. The zero-order chi connectivity index (χ0) is 15.9. The van der Waals surface area contributed by atoms with E-state index in [4.69, 9.17) is 10.7 Å². The minimum Gasteiger partial charge on any atom is -0.366 e. The molecule has 6 heteroatoms. The van der Waals surface area contributed by atoms with Crippen molar-refractivity contribution in [2.24, 2.45) is 12.8 Å². The molecule has 0 aliphatic heterocycles. The summed E-state index contributed by atoms with van der Waals surface area (Å²) in [5.41, 5.74) is 5.68. The van der Waals surface area contributed by atoms with E-state index in [0.29, 0.717) is 11.5 Å². The van der Waals surface area contributed by atoms with Gasteiger partial charge in [0.05, 0.1) is 5.56 Å². The number of hydrogen-bond donors (Lipinski definition) is 1. The molecule has 2 aromatic heterocycles. The highest BCUT2D eigenvalue weighted by molar-refractivity contribution is 5.92. The molecule has 1 saturated carbocycles. The summed E-state index contributed by atoms with van der Waals surface area (Å²) in [4.78, 5) is 22.4. The minimum atomic E-state index is -0.469. The Bertz CT molecular complexity index is 685. The zero-order valence-corrected chi connectivity index (χ0v) is 13.2. The van der Waals surface area contributed by atoms with Crippen molar-refractivity contribution in [2.45, 2.75) is 38.6 Å². The van der Waals surface area contributed by atoms with Crippen LogP contribution in [0.15, 0.2) is 24.5 Å². The van der Waals surface area contributed by atoms with Gasteiger partial charge in [0.1, 0.15) is 11.6 Å². The maximum absolute atomic E-state index is 11.2. The Labute approximate surface area is 130 Å². The third-order valence-electron chi connectivity index (χ3n) is 3.88. The molecular weight excluding hydrogens is 278 g/mol. The topological polar surface area (TPSA) is 77.0 Å². The summed E-state index contributed by atoms with van der Waals surface area (Å²) in [5, 5.41) is 0. The van der Waals surface area contributed by atoms with Gasteiger partial charge in [0.15, 0.2) is 5.82 Å². The normalized spacial score (nSPS) is 14.4. The summed E-state index contributed by atoms with van der Waals surface area (Å²) in [7, 11) is 2.03. The van der Waals surface area contributed by atoms with Crippen molar-refractivity contribution in [2.75, 3.05) is 4.90 Å². The van der Waals surface area contributed by atoms with Crippen LogP contribution in [-0.2, 0) is 7.05 Å². The first-order valence-electron chi connectivity index (χ1n) is 7.55. The number of aromatic nitrogens is 3. The van der Waals surface area contributed by atoms with Crippen LogP contribution in [0.1, 0.15) is 48.8 Å². The van der Waals surface area contributed by atoms with Crippen LogP contribution in [0.25, 0.3) is 0 Å². The van der Waals surface area contributed by atoms with Crippen LogP contribution in [0.3, 0.4) is 0 Å². The molecule has 0 bridgehead atoms. The quantitative estimate of drug-likeness (QED) is 0.919. The second kappa shape index (κ2) is 5.44. The van der Waals surface area contributed by atoms with Gasteiger partial charge in [-0.2, -0.15) is 0 Å². The number of pyridine rings is 1. The van der Waals surface area contributed by atoms with Crippen LogP contribution in [0.4, 0.5) is 11.6 Å². The Morgan fingerprint density at radius 1 is 1.36 bits per heavy atom. The van der Waals surface area contributed by atoms with E-state index in [1.165, 1.54) is 19.0 Å². The Hall–Kier alpha value is -2.37. The lowest BCUT2D eigenvalue weighted by molar-refractivity contribution is 0.1000. The van der Waals surface area contributed by atoms with Crippen molar-refractivity contribution in [1.82, 2.24) is 14.5 Å². The van der Waals surface area contributed by atoms with E-state index in [2.05, 4.69) is 28.3 Å². The molecular formula is C16H21N5O. The lowest BCUT2D eigenvalue weighted by atomic mass is 10.2. The second-order valence-corrected chi connectivity index (χ2v) is 6.08. The number of aryl methyl sites for hydroxylation is 1. The molecule has 2 N–H and O–H groups in total. The van der Waals surface area contributed by atoms with Crippen LogP contribution in [0.2, 0.25) is 0 Å². The monoisotopic (exact) mass is 299 g/mol. The fraction of sp³-hybridized carbons (Fsp3) is 0.438. The van der Waals surface area contributed by atoms with Gasteiger partial charge in [-0.25, -0.2) is 9.97 Å². The molecule has 3 rings (SSSR count). The number of imidazole rings is 1. The van der Waals surface area contributed by atoms with Crippen LogP contribution in [0, 0.1) is 0 Å². The van der Waals surface area contributed by atoms with Crippen molar-refractivity contribution in [3.05, 3.63) is 35.9 Å². The Morgan fingerprint density at radius 2 is 2.09 bits per heavy atom. The lowest BCUT2D eigenvalue weighted by Gasteiger charge is -2.25. The highest BCUT2D eigenvalue weighted by Crippen LogP contribution is 2.40. The maximum Gasteiger partial charge on any atom is 0.250 e. The number of nitrogens with zero attached hydrogens (tertiary/aromatic N) is 4. The first kappa shape index (κ1) is 14.6. The minimum absolute atomic E-state index is 0.203.